The van der Waals surface area contributed by atoms with Crippen LogP contribution >= 0.6 is 0 Å². The van der Waals surface area contributed by atoms with Gasteiger partial charge in [0, 0.05) is 43.9 Å². The number of hydrogen-bond donors (Lipinski definition) is 0. The van der Waals surface area contributed by atoms with Gasteiger partial charge in [0.05, 0.1) is 11.0 Å². The van der Waals surface area contributed by atoms with Crippen molar-refractivity contribution >= 4 is 54.5 Å². The van der Waals surface area contributed by atoms with Crippen LogP contribution in [0.1, 0.15) is 0 Å². The maximum Gasteiger partial charge on any atom is 0.164 e. The van der Waals surface area contributed by atoms with Crippen molar-refractivity contribution in [3.8, 4) is 51.0 Å². The number of furan rings is 1. The highest BCUT2D eigenvalue weighted by Crippen LogP contribution is 2.37. The van der Waals surface area contributed by atoms with E-state index in [9.17, 15) is 0 Å². The second-order valence-corrected chi connectivity index (χ2v) is 13.7. The molecule has 0 saturated carbocycles. The number of fused-ring (bicyclic) bond motifs is 7. The van der Waals surface area contributed by atoms with Crippen LogP contribution in [-0.2, 0) is 0 Å². The van der Waals surface area contributed by atoms with Gasteiger partial charge in [0.25, 0.3) is 0 Å². The Morgan fingerprint density at radius 3 is 1.74 bits per heavy atom. The number of rotatable bonds is 5. The molecule has 0 amide bonds. The monoisotopic (exact) mass is 690 g/mol. The van der Waals surface area contributed by atoms with Crippen LogP contribution in [0.15, 0.2) is 186 Å². The number of para-hydroxylation sites is 2. The van der Waals surface area contributed by atoms with Gasteiger partial charge in [-0.15, -0.1) is 0 Å². The lowest BCUT2D eigenvalue weighted by Crippen LogP contribution is -2.00. The Balaban J connectivity index is 1.03. The third-order valence-corrected chi connectivity index (χ3v) is 10.4. The van der Waals surface area contributed by atoms with Crippen LogP contribution in [0.2, 0.25) is 0 Å². The van der Waals surface area contributed by atoms with E-state index in [-0.39, 0.29) is 0 Å². The zero-order chi connectivity index (χ0) is 35.6. The largest absolute Gasteiger partial charge is 0.456 e. The zero-order valence-electron chi connectivity index (χ0n) is 29.0. The molecular formula is C49H30N4O. The summed E-state index contributed by atoms with van der Waals surface area (Å²) in [5.74, 6) is 1.92. The summed E-state index contributed by atoms with van der Waals surface area (Å²) in [5.41, 5.74) is 10.3. The van der Waals surface area contributed by atoms with E-state index >= 15 is 0 Å². The molecule has 0 fully saturated rings. The van der Waals surface area contributed by atoms with E-state index in [0.29, 0.717) is 17.5 Å². The quantitative estimate of drug-likeness (QED) is 0.180. The lowest BCUT2D eigenvalue weighted by molar-refractivity contribution is 0.669. The van der Waals surface area contributed by atoms with E-state index in [0.717, 1.165) is 71.9 Å². The van der Waals surface area contributed by atoms with Gasteiger partial charge in [-0.1, -0.05) is 121 Å². The summed E-state index contributed by atoms with van der Waals surface area (Å²) in [5, 5.41) is 6.99. The first-order chi connectivity index (χ1) is 26.7. The Morgan fingerprint density at radius 2 is 0.907 bits per heavy atom. The maximum absolute atomic E-state index is 6.13. The molecule has 252 valence electrons. The lowest BCUT2D eigenvalue weighted by Gasteiger charge is -2.11. The van der Waals surface area contributed by atoms with Gasteiger partial charge in [0.15, 0.2) is 17.5 Å². The third-order valence-electron chi connectivity index (χ3n) is 10.4. The van der Waals surface area contributed by atoms with Crippen LogP contribution in [0.4, 0.5) is 0 Å². The predicted molar refractivity (Wildman–Crippen MR) is 221 cm³/mol. The molecule has 0 unspecified atom stereocenters. The Bertz CT molecular complexity index is 3210. The van der Waals surface area contributed by atoms with Gasteiger partial charge in [-0.3, -0.25) is 0 Å². The van der Waals surface area contributed by atoms with Gasteiger partial charge in [0.1, 0.15) is 11.2 Å². The van der Waals surface area contributed by atoms with Crippen molar-refractivity contribution in [3.63, 3.8) is 0 Å². The van der Waals surface area contributed by atoms with Crippen molar-refractivity contribution in [1.82, 2.24) is 19.5 Å². The molecule has 8 aromatic carbocycles. The summed E-state index contributed by atoms with van der Waals surface area (Å²) in [7, 11) is 0. The molecule has 0 N–H and O–H groups in total. The fraction of sp³-hybridized carbons (Fsp3) is 0. The molecule has 0 radical (unpaired) electrons. The fourth-order valence-electron chi connectivity index (χ4n) is 7.77. The fourth-order valence-corrected chi connectivity index (χ4v) is 7.77. The van der Waals surface area contributed by atoms with Gasteiger partial charge in [-0.25, -0.2) is 15.0 Å². The highest BCUT2D eigenvalue weighted by Gasteiger charge is 2.17. The summed E-state index contributed by atoms with van der Waals surface area (Å²) in [6.07, 6.45) is 0. The highest BCUT2D eigenvalue weighted by molar-refractivity contribution is 6.11. The molecule has 0 aliphatic heterocycles. The Kier molecular flexibility index (Phi) is 6.79. The molecule has 5 nitrogen and oxygen atoms in total. The van der Waals surface area contributed by atoms with Gasteiger partial charge in [0.2, 0.25) is 0 Å². The van der Waals surface area contributed by atoms with E-state index < -0.39 is 0 Å². The van der Waals surface area contributed by atoms with Crippen LogP contribution < -0.4 is 0 Å². The summed E-state index contributed by atoms with van der Waals surface area (Å²) < 4.78 is 8.48. The zero-order valence-corrected chi connectivity index (χ0v) is 29.0. The summed E-state index contributed by atoms with van der Waals surface area (Å²) in [6.45, 7) is 0. The predicted octanol–water partition coefficient (Wildman–Crippen LogP) is 12.7. The molecule has 0 atom stereocenters. The lowest BCUT2D eigenvalue weighted by atomic mass is 10.0. The maximum atomic E-state index is 6.13. The Hall–Kier alpha value is -7.37. The van der Waals surface area contributed by atoms with Crippen molar-refractivity contribution < 1.29 is 4.42 Å². The number of benzene rings is 8. The molecule has 5 heteroatoms. The summed E-state index contributed by atoms with van der Waals surface area (Å²) in [4.78, 5) is 15.0. The van der Waals surface area contributed by atoms with Gasteiger partial charge >= 0.3 is 0 Å². The average Bonchev–Trinajstić information content (AvgIpc) is 3.79. The van der Waals surface area contributed by atoms with Crippen molar-refractivity contribution in [3.05, 3.63) is 182 Å². The molecule has 11 rings (SSSR count). The minimum absolute atomic E-state index is 0.630. The van der Waals surface area contributed by atoms with Crippen LogP contribution in [0.5, 0.6) is 0 Å². The van der Waals surface area contributed by atoms with Gasteiger partial charge in [-0.05, 0) is 82.6 Å². The molecule has 3 aromatic heterocycles. The highest BCUT2D eigenvalue weighted by atomic mass is 16.3. The van der Waals surface area contributed by atoms with Gasteiger partial charge < -0.3 is 8.98 Å². The van der Waals surface area contributed by atoms with Gasteiger partial charge in [-0.2, -0.15) is 0 Å². The second-order valence-electron chi connectivity index (χ2n) is 13.7. The first kappa shape index (κ1) is 30.3. The average molecular weight is 691 g/mol. The summed E-state index contributed by atoms with van der Waals surface area (Å²) in [6, 6.07) is 63.5. The normalized spacial score (nSPS) is 11.7. The van der Waals surface area contributed by atoms with E-state index in [1.165, 1.54) is 16.2 Å². The number of aromatic nitrogens is 4. The number of hydrogen-bond acceptors (Lipinski definition) is 4. The van der Waals surface area contributed by atoms with Crippen LogP contribution in [0.25, 0.3) is 105 Å². The minimum atomic E-state index is 0.630. The number of nitrogens with zero attached hydrogens (tertiary/aromatic N) is 4. The smallest absolute Gasteiger partial charge is 0.164 e. The van der Waals surface area contributed by atoms with Crippen molar-refractivity contribution in [2.75, 3.05) is 0 Å². The Morgan fingerprint density at radius 1 is 0.333 bits per heavy atom. The molecule has 54 heavy (non-hydrogen) atoms. The van der Waals surface area contributed by atoms with Crippen molar-refractivity contribution in [1.29, 1.82) is 0 Å². The Labute approximate surface area is 310 Å². The first-order valence-electron chi connectivity index (χ1n) is 18.1. The minimum Gasteiger partial charge on any atom is -0.456 e. The molecule has 0 saturated heterocycles. The standard InChI is InChI=1S/C49H30N4O/c1-2-11-32(12-3-1)47-50-48(52-49(51-47)37-19-18-31-10-4-5-13-34(31)28-37)33-20-24-38(25-21-33)53-43-16-8-6-14-39(43)40-26-22-36(30-44(40)53)35-23-27-46-42(29-35)41-15-7-9-17-45(41)54-46/h1-30H. The van der Waals surface area contributed by atoms with Crippen molar-refractivity contribution in [2.45, 2.75) is 0 Å². The molecule has 0 bridgehead atoms. The van der Waals surface area contributed by atoms with E-state index in [1.54, 1.807) is 0 Å². The van der Waals surface area contributed by atoms with Crippen molar-refractivity contribution in [2.24, 2.45) is 0 Å². The topological polar surface area (TPSA) is 56.7 Å². The van der Waals surface area contributed by atoms with Crippen LogP contribution in [-0.4, -0.2) is 19.5 Å². The molecule has 0 aliphatic carbocycles. The molecule has 11 aromatic rings. The molecule has 3 heterocycles. The van der Waals surface area contributed by atoms with Crippen LogP contribution in [0.3, 0.4) is 0 Å². The van der Waals surface area contributed by atoms with E-state index in [4.69, 9.17) is 19.4 Å². The second kappa shape index (κ2) is 12.1. The third kappa shape index (κ3) is 4.98. The van der Waals surface area contributed by atoms with E-state index in [2.05, 4.69) is 144 Å². The first-order valence-corrected chi connectivity index (χ1v) is 18.1. The molecule has 0 spiro atoms. The van der Waals surface area contributed by atoms with E-state index in [1.807, 2.05) is 42.5 Å². The SMILES string of the molecule is c1ccc(-c2nc(-c3ccc(-n4c5ccccc5c5ccc(-c6ccc7oc8ccccc8c7c6)cc54)cc3)nc(-c3ccc4ccccc4c3)n2)cc1. The molecular weight excluding hydrogens is 661 g/mol. The van der Waals surface area contributed by atoms with Crippen LogP contribution in [0, 0.1) is 0 Å². The molecule has 0 aliphatic rings. The summed E-state index contributed by atoms with van der Waals surface area (Å²) >= 11 is 0.